The van der Waals surface area contributed by atoms with Crippen molar-refractivity contribution in [3.05, 3.63) is 29.8 Å². The van der Waals surface area contributed by atoms with Crippen molar-refractivity contribution < 1.29 is 9.84 Å². The van der Waals surface area contributed by atoms with Crippen LogP contribution in [0.5, 0.6) is 5.75 Å². The number of ether oxygens (including phenoxy) is 1. The van der Waals surface area contributed by atoms with Crippen molar-refractivity contribution in [1.82, 2.24) is 5.32 Å². The van der Waals surface area contributed by atoms with Gasteiger partial charge in [0.15, 0.2) is 0 Å². The summed E-state index contributed by atoms with van der Waals surface area (Å²) in [6.07, 6.45) is -0.280. The molecule has 3 nitrogen and oxygen atoms in total. The average Bonchev–Trinajstić information content (AvgIpc) is 2.42. The highest BCUT2D eigenvalue weighted by Crippen LogP contribution is 2.25. The van der Waals surface area contributed by atoms with E-state index >= 15 is 0 Å². The van der Waals surface area contributed by atoms with Crippen molar-refractivity contribution in [2.45, 2.75) is 38.2 Å². The van der Waals surface area contributed by atoms with Gasteiger partial charge in [0.2, 0.25) is 0 Å². The smallest absolute Gasteiger partial charge is 0.119 e. The highest BCUT2D eigenvalue weighted by molar-refractivity contribution is 7.99. The Balaban J connectivity index is 2.70. The molecule has 0 radical (unpaired) electrons. The van der Waals surface area contributed by atoms with Crippen LogP contribution in [0.3, 0.4) is 0 Å². The molecule has 3 atom stereocenters. The highest BCUT2D eigenvalue weighted by Gasteiger charge is 2.15. The molecule has 1 aromatic rings. The standard InChI is InChI=1S/C15H25NO2S/c1-5-16-15(10-19-12(3)11(2)17)13-7-6-8-14(9-13)18-4/h6-9,11-12,15-17H,5,10H2,1-4H3. The maximum atomic E-state index is 9.56. The third kappa shape index (κ3) is 5.43. The summed E-state index contributed by atoms with van der Waals surface area (Å²) >= 11 is 1.79. The van der Waals surface area contributed by atoms with Crippen LogP contribution in [-0.4, -0.2) is 35.9 Å². The molecule has 0 aliphatic rings. The van der Waals surface area contributed by atoms with Crippen molar-refractivity contribution in [2.24, 2.45) is 0 Å². The SMILES string of the molecule is CCNC(CSC(C)C(C)O)c1cccc(OC)c1. The van der Waals surface area contributed by atoms with Crippen molar-refractivity contribution in [1.29, 1.82) is 0 Å². The minimum absolute atomic E-state index is 0.242. The molecule has 108 valence electrons. The number of hydrogen-bond donors (Lipinski definition) is 2. The number of aliphatic hydroxyl groups is 1. The number of benzene rings is 1. The predicted octanol–water partition coefficient (Wildman–Crippen LogP) is 2.85. The van der Waals surface area contributed by atoms with Crippen LogP contribution in [0.25, 0.3) is 0 Å². The molecule has 0 fully saturated rings. The second kappa shape index (κ2) is 8.46. The van der Waals surface area contributed by atoms with E-state index in [4.69, 9.17) is 4.74 Å². The van der Waals surface area contributed by atoms with Gasteiger partial charge in [-0.1, -0.05) is 26.0 Å². The first-order chi connectivity index (χ1) is 9.08. The van der Waals surface area contributed by atoms with E-state index in [2.05, 4.69) is 31.3 Å². The summed E-state index contributed by atoms with van der Waals surface area (Å²) in [5, 5.41) is 13.3. The molecule has 0 spiro atoms. The van der Waals surface area contributed by atoms with Gasteiger partial charge in [-0.15, -0.1) is 0 Å². The lowest BCUT2D eigenvalue weighted by atomic mass is 10.1. The fourth-order valence-electron chi connectivity index (χ4n) is 1.76. The molecule has 0 heterocycles. The van der Waals surface area contributed by atoms with Gasteiger partial charge in [-0.25, -0.2) is 0 Å². The summed E-state index contributed by atoms with van der Waals surface area (Å²) in [6, 6.07) is 8.44. The fraction of sp³-hybridized carbons (Fsp3) is 0.600. The molecule has 0 bridgehead atoms. The van der Waals surface area contributed by atoms with E-state index in [1.165, 1.54) is 5.56 Å². The third-order valence-electron chi connectivity index (χ3n) is 3.15. The number of hydrogen-bond acceptors (Lipinski definition) is 4. The zero-order valence-electron chi connectivity index (χ0n) is 12.2. The Kier molecular flexibility index (Phi) is 7.28. The summed E-state index contributed by atoms with van der Waals surface area (Å²) in [6.45, 7) is 6.93. The van der Waals surface area contributed by atoms with Gasteiger partial charge in [0.25, 0.3) is 0 Å². The lowest BCUT2D eigenvalue weighted by Gasteiger charge is -2.22. The maximum Gasteiger partial charge on any atom is 0.119 e. The molecule has 1 aromatic carbocycles. The van der Waals surface area contributed by atoms with Gasteiger partial charge in [0, 0.05) is 17.0 Å². The third-order valence-corrected chi connectivity index (χ3v) is 4.60. The minimum atomic E-state index is -0.280. The normalized spacial score (nSPS) is 15.8. The number of thioether (sulfide) groups is 1. The first-order valence-electron chi connectivity index (χ1n) is 6.75. The molecule has 0 saturated carbocycles. The Labute approximate surface area is 120 Å². The highest BCUT2D eigenvalue weighted by atomic mass is 32.2. The maximum absolute atomic E-state index is 9.56. The number of nitrogens with one attached hydrogen (secondary N) is 1. The van der Waals surface area contributed by atoms with Crippen LogP contribution >= 0.6 is 11.8 Å². The van der Waals surface area contributed by atoms with Crippen LogP contribution in [-0.2, 0) is 0 Å². The molecule has 19 heavy (non-hydrogen) atoms. The summed E-state index contributed by atoms with van der Waals surface area (Å²) in [7, 11) is 1.69. The van der Waals surface area contributed by atoms with Gasteiger partial charge >= 0.3 is 0 Å². The largest absolute Gasteiger partial charge is 0.497 e. The summed E-state index contributed by atoms with van der Waals surface area (Å²) < 4.78 is 5.27. The van der Waals surface area contributed by atoms with Crippen LogP contribution in [0, 0.1) is 0 Å². The quantitative estimate of drug-likeness (QED) is 0.770. The van der Waals surface area contributed by atoms with Crippen LogP contribution in [0.4, 0.5) is 0 Å². The molecule has 2 N–H and O–H groups in total. The Bertz CT molecular complexity index is 371. The molecule has 0 saturated heterocycles. The predicted molar refractivity (Wildman–Crippen MR) is 83.0 cm³/mol. The molecule has 1 rings (SSSR count). The Hall–Kier alpha value is -0.710. The van der Waals surface area contributed by atoms with Crippen LogP contribution in [0.1, 0.15) is 32.4 Å². The average molecular weight is 283 g/mol. The number of methoxy groups -OCH3 is 1. The lowest BCUT2D eigenvalue weighted by Crippen LogP contribution is -2.25. The van der Waals surface area contributed by atoms with Crippen molar-refractivity contribution >= 4 is 11.8 Å². The summed E-state index contributed by atoms with van der Waals surface area (Å²) in [4.78, 5) is 0. The van der Waals surface area contributed by atoms with Gasteiger partial charge < -0.3 is 15.2 Å². The van der Waals surface area contributed by atoms with E-state index in [1.807, 2.05) is 19.1 Å². The van der Waals surface area contributed by atoms with E-state index in [-0.39, 0.29) is 17.4 Å². The Morgan fingerprint density at radius 3 is 2.68 bits per heavy atom. The zero-order valence-corrected chi connectivity index (χ0v) is 13.0. The van der Waals surface area contributed by atoms with Gasteiger partial charge in [-0.2, -0.15) is 11.8 Å². The van der Waals surface area contributed by atoms with Gasteiger partial charge in [0.1, 0.15) is 5.75 Å². The van der Waals surface area contributed by atoms with Gasteiger partial charge in [0.05, 0.1) is 13.2 Å². The van der Waals surface area contributed by atoms with Crippen LogP contribution in [0.15, 0.2) is 24.3 Å². The van der Waals surface area contributed by atoms with E-state index in [0.29, 0.717) is 0 Å². The van der Waals surface area contributed by atoms with Crippen molar-refractivity contribution in [3.8, 4) is 5.75 Å². The fourth-order valence-corrected chi connectivity index (χ4v) is 2.85. The first kappa shape index (κ1) is 16.3. The van der Waals surface area contributed by atoms with E-state index in [1.54, 1.807) is 18.9 Å². The Morgan fingerprint density at radius 2 is 2.11 bits per heavy atom. The summed E-state index contributed by atoms with van der Waals surface area (Å²) in [5.41, 5.74) is 1.23. The minimum Gasteiger partial charge on any atom is -0.497 e. The first-order valence-corrected chi connectivity index (χ1v) is 7.80. The molecule has 4 heteroatoms. The molecule has 0 amide bonds. The van der Waals surface area contributed by atoms with Crippen LogP contribution in [0.2, 0.25) is 0 Å². The molecular formula is C15H25NO2S. The van der Waals surface area contributed by atoms with Gasteiger partial charge in [-0.3, -0.25) is 0 Å². The second-order valence-electron chi connectivity index (χ2n) is 4.67. The van der Waals surface area contributed by atoms with E-state index in [9.17, 15) is 5.11 Å². The molecule has 3 unspecified atom stereocenters. The summed E-state index contributed by atoms with van der Waals surface area (Å²) in [5.74, 6) is 1.82. The van der Waals surface area contributed by atoms with E-state index < -0.39 is 0 Å². The van der Waals surface area contributed by atoms with Gasteiger partial charge in [-0.05, 0) is 31.2 Å². The number of rotatable bonds is 8. The Morgan fingerprint density at radius 1 is 1.37 bits per heavy atom. The topological polar surface area (TPSA) is 41.5 Å². The molecule has 0 aromatic heterocycles. The van der Waals surface area contributed by atoms with E-state index in [0.717, 1.165) is 18.0 Å². The lowest BCUT2D eigenvalue weighted by molar-refractivity contribution is 0.196. The molecule has 0 aliphatic carbocycles. The van der Waals surface area contributed by atoms with Crippen molar-refractivity contribution in [3.63, 3.8) is 0 Å². The molecular weight excluding hydrogens is 258 g/mol. The van der Waals surface area contributed by atoms with Crippen LogP contribution < -0.4 is 10.1 Å². The zero-order chi connectivity index (χ0) is 14.3. The second-order valence-corrected chi connectivity index (χ2v) is 6.08. The number of aliphatic hydroxyl groups excluding tert-OH is 1. The van der Waals surface area contributed by atoms with Crippen molar-refractivity contribution in [2.75, 3.05) is 19.4 Å². The molecule has 0 aliphatic heterocycles. The monoisotopic (exact) mass is 283 g/mol.